The summed E-state index contributed by atoms with van der Waals surface area (Å²) in [4.78, 5) is 27.5. The number of amides is 1. The average molecular weight is 448 g/mol. The van der Waals surface area contributed by atoms with Gasteiger partial charge in [-0.1, -0.05) is 29.8 Å². The molecular weight excluding hydrogens is 418 g/mol. The number of methoxy groups -OCH3 is 1. The molecule has 1 aromatic heterocycles. The van der Waals surface area contributed by atoms with Gasteiger partial charge in [0.1, 0.15) is 5.00 Å². The van der Waals surface area contributed by atoms with Crippen LogP contribution in [0, 0.1) is 13.8 Å². The predicted molar refractivity (Wildman–Crippen MR) is 127 cm³/mol. The lowest BCUT2D eigenvalue weighted by molar-refractivity contribution is 0.0601. The summed E-state index contributed by atoms with van der Waals surface area (Å²) in [6, 6.07) is 8.17. The number of benzene rings is 1. The first-order valence-electron chi connectivity index (χ1n) is 9.88. The molecule has 2 aromatic rings. The smallest absolute Gasteiger partial charge is 0.341 e. The first-order valence-corrected chi connectivity index (χ1v) is 11.1. The summed E-state index contributed by atoms with van der Waals surface area (Å²) in [7, 11) is 1.32. The van der Waals surface area contributed by atoms with Gasteiger partial charge in [0.15, 0.2) is 5.11 Å². The van der Waals surface area contributed by atoms with E-state index in [9.17, 15) is 9.59 Å². The minimum atomic E-state index is -0.501. The van der Waals surface area contributed by atoms with Crippen molar-refractivity contribution in [1.82, 2.24) is 10.2 Å². The van der Waals surface area contributed by atoms with Crippen LogP contribution < -0.4 is 10.6 Å². The van der Waals surface area contributed by atoms with Crippen LogP contribution in [0.3, 0.4) is 0 Å². The lowest BCUT2D eigenvalue weighted by Gasteiger charge is -2.18. The van der Waals surface area contributed by atoms with E-state index in [0.717, 1.165) is 5.56 Å². The molecule has 1 atom stereocenters. The Labute approximate surface area is 187 Å². The minimum absolute atomic E-state index is 0.0231. The molecule has 8 heteroatoms. The van der Waals surface area contributed by atoms with Gasteiger partial charge in [0.25, 0.3) is 5.91 Å². The van der Waals surface area contributed by atoms with Crippen molar-refractivity contribution in [3.63, 3.8) is 0 Å². The van der Waals surface area contributed by atoms with E-state index in [0.29, 0.717) is 39.2 Å². The fourth-order valence-electron chi connectivity index (χ4n) is 3.08. The Morgan fingerprint density at radius 1 is 1.17 bits per heavy atom. The van der Waals surface area contributed by atoms with Crippen molar-refractivity contribution in [2.24, 2.45) is 0 Å². The number of thiophene rings is 1. The van der Waals surface area contributed by atoms with Crippen molar-refractivity contribution in [1.29, 1.82) is 0 Å². The second kappa shape index (κ2) is 10.5. The standard InChI is InChI=1S/C22H29N3O3S2/c1-7-25(8-2)20(26)18-14(4)17(21(27)28-6)19(30-18)24-22(29)23-15(5)16-11-9-13(3)10-12-16/h9-12,15H,7-8H2,1-6H3,(H2,23,24,29). The van der Waals surface area contributed by atoms with Crippen LogP contribution in [-0.2, 0) is 4.74 Å². The number of carbonyl (C=O) groups is 2. The maximum Gasteiger partial charge on any atom is 0.341 e. The predicted octanol–water partition coefficient (Wildman–Crippen LogP) is 4.68. The quantitative estimate of drug-likeness (QED) is 0.474. The van der Waals surface area contributed by atoms with Crippen molar-refractivity contribution in [3.05, 3.63) is 51.4 Å². The van der Waals surface area contributed by atoms with Crippen molar-refractivity contribution < 1.29 is 14.3 Å². The van der Waals surface area contributed by atoms with E-state index in [4.69, 9.17) is 17.0 Å². The third-order valence-electron chi connectivity index (χ3n) is 4.93. The highest BCUT2D eigenvalue weighted by atomic mass is 32.1. The highest BCUT2D eigenvalue weighted by molar-refractivity contribution is 7.80. The van der Waals surface area contributed by atoms with Gasteiger partial charge >= 0.3 is 5.97 Å². The largest absolute Gasteiger partial charge is 0.465 e. The van der Waals surface area contributed by atoms with E-state index in [1.165, 1.54) is 24.0 Å². The third kappa shape index (κ3) is 5.37. The lowest BCUT2D eigenvalue weighted by atomic mass is 10.1. The zero-order valence-corrected chi connectivity index (χ0v) is 19.9. The van der Waals surface area contributed by atoms with E-state index < -0.39 is 5.97 Å². The first kappa shape index (κ1) is 23.8. The maximum atomic E-state index is 12.9. The Morgan fingerprint density at radius 2 is 1.77 bits per heavy atom. The number of thiocarbonyl (C=S) groups is 1. The molecule has 162 valence electrons. The number of aryl methyl sites for hydroxylation is 1. The molecule has 0 spiro atoms. The molecule has 0 bridgehead atoms. The van der Waals surface area contributed by atoms with Crippen LogP contribution >= 0.6 is 23.6 Å². The van der Waals surface area contributed by atoms with Crippen LogP contribution in [0.1, 0.15) is 63.5 Å². The van der Waals surface area contributed by atoms with E-state index in [2.05, 4.69) is 10.6 Å². The molecular formula is C22H29N3O3S2. The van der Waals surface area contributed by atoms with Crippen LogP contribution in [-0.4, -0.2) is 42.1 Å². The summed E-state index contributed by atoms with van der Waals surface area (Å²) in [5, 5.41) is 7.20. The summed E-state index contributed by atoms with van der Waals surface area (Å²) in [6.45, 7) is 10.9. The summed E-state index contributed by atoms with van der Waals surface area (Å²) >= 11 is 6.69. The fourth-order valence-corrected chi connectivity index (χ4v) is 4.59. The molecule has 2 rings (SSSR count). The van der Waals surface area contributed by atoms with Gasteiger partial charge in [-0.3, -0.25) is 4.79 Å². The molecule has 1 amide bonds. The molecule has 2 N–H and O–H groups in total. The van der Waals surface area contributed by atoms with Gasteiger partial charge in [-0.05, 0) is 58.0 Å². The van der Waals surface area contributed by atoms with E-state index in [1.807, 2.05) is 52.0 Å². The highest BCUT2D eigenvalue weighted by Gasteiger charge is 2.27. The molecule has 0 radical (unpaired) electrons. The SMILES string of the molecule is CCN(CC)C(=O)c1sc(NC(=S)NC(C)c2ccc(C)cc2)c(C(=O)OC)c1C. The summed E-state index contributed by atoms with van der Waals surface area (Å²) in [6.07, 6.45) is 0. The molecule has 0 saturated carbocycles. The minimum Gasteiger partial charge on any atom is -0.465 e. The van der Waals surface area contributed by atoms with Crippen LogP contribution in [0.5, 0.6) is 0 Å². The molecule has 6 nitrogen and oxygen atoms in total. The molecule has 0 aliphatic heterocycles. The summed E-state index contributed by atoms with van der Waals surface area (Å²) in [5.41, 5.74) is 3.22. The average Bonchev–Trinajstić information content (AvgIpc) is 3.04. The summed E-state index contributed by atoms with van der Waals surface area (Å²) in [5.74, 6) is -0.605. The zero-order chi connectivity index (χ0) is 22.4. The number of carbonyl (C=O) groups excluding carboxylic acids is 2. The molecule has 0 aliphatic rings. The van der Waals surface area contributed by atoms with Gasteiger partial charge < -0.3 is 20.3 Å². The first-order chi connectivity index (χ1) is 14.2. The number of esters is 1. The fraction of sp³-hybridized carbons (Fsp3) is 0.409. The molecule has 0 fully saturated rings. The van der Waals surface area contributed by atoms with Gasteiger partial charge in [-0.15, -0.1) is 11.3 Å². The number of nitrogens with zero attached hydrogens (tertiary/aromatic N) is 1. The van der Waals surface area contributed by atoms with E-state index in [-0.39, 0.29) is 11.9 Å². The van der Waals surface area contributed by atoms with Crippen LogP contribution in [0.25, 0.3) is 0 Å². The Kier molecular flexibility index (Phi) is 8.37. The Balaban J connectivity index is 2.27. The Hall–Kier alpha value is -2.45. The van der Waals surface area contributed by atoms with Gasteiger partial charge in [0, 0.05) is 13.1 Å². The highest BCUT2D eigenvalue weighted by Crippen LogP contribution is 2.34. The molecule has 1 aromatic carbocycles. The van der Waals surface area contributed by atoms with Crippen molar-refractivity contribution in [2.45, 2.75) is 40.7 Å². The number of ether oxygens (including phenoxy) is 1. The van der Waals surface area contributed by atoms with Crippen molar-refractivity contribution >= 4 is 45.5 Å². The normalized spacial score (nSPS) is 11.5. The third-order valence-corrected chi connectivity index (χ3v) is 6.35. The number of nitrogens with one attached hydrogen (secondary N) is 2. The second-order valence-electron chi connectivity index (χ2n) is 6.96. The topological polar surface area (TPSA) is 70.7 Å². The molecule has 1 heterocycles. The van der Waals surface area contributed by atoms with Crippen molar-refractivity contribution in [3.8, 4) is 0 Å². The van der Waals surface area contributed by atoms with Crippen LogP contribution in [0.2, 0.25) is 0 Å². The lowest BCUT2D eigenvalue weighted by Crippen LogP contribution is -2.31. The van der Waals surface area contributed by atoms with Gasteiger partial charge in [-0.25, -0.2) is 4.79 Å². The van der Waals surface area contributed by atoms with Crippen molar-refractivity contribution in [2.75, 3.05) is 25.5 Å². The molecule has 30 heavy (non-hydrogen) atoms. The van der Waals surface area contributed by atoms with Gasteiger partial charge in [0.2, 0.25) is 0 Å². The number of anilines is 1. The Morgan fingerprint density at radius 3 is 2.30 bits per heavy atom. The van der Waals surface area contributed by atoms with E-state index in [1.54, 1.807) is 11.8 Å². The monoisotopic (exact) mass is 447 g/mol. The maximum absolute atomic E-state index is 12.9. The molecule has 1 unspecified atom stereocenters. The number of hydrogen-bond donors (Lipinski definition) is 2. The second-order valence-corrected chi connectivity index (χ2v) is 8.39. The van der Waals surface area contributed by atoms with Gasteiger partial charge in [0.05, 0.1) is 23.6 Å². The van der Waals surface area contributed by atoms with Crippen LogP contribution in [0.15, 0.2) is 24.3 Å². The Bertz CT molecular complexity index is 918. The van der Waals surface area contributed by atoms with E-state index >= 15 is 0 Å². The molecule has 0 saturated heterocycles. The number of hydrogen-bond acceptors (Lipinski definition) is 5. The van der Waals surface area contributed by atoms with Gasteiger partial charge in [-0.2, -0.15) is 0 Å². The number of rotatable bonds is 7. The molecule has 0 aliphatic carbocycles. The summed E-state index contributed by atoms with van der Waals surface area (Å²) < 4.78 is 4.95. The van der Waals surface area contributed by atoms with Crippen LogP contribution in [0.4, 0.5) is 5.00 Å². The zero-order valence-electron chi connectivity index (χ0n) is 18.3.